The van der Waals surface area contributed by atoms with Crippen molar-refractivity contribution in [1.29, 1.82) is 0 Å². The minimum Gasteiger partial charge on any atom is -0.495 e. The Morgan fingerprint density at radius 3 is 2.44 bits per heavy atom. The van der Waals surface area contributed by atoms with Crippen LogP contribution in [0, 0.1) is 5.82 Å². The third-order valence-electron chi connectivity index (χ3n) is 11.2. The number of rotatable bonds is 15. The number of piperidine rings is 1. The molecule has 0 radical (unpaired) electrons. The average Bonchev–Trinajstić information content (AvgIpc) is 3.86. The Morgan fingerprint density at radius 1 is 0.968 bits per heavy atom. The van der Waals surface area contributed by atoms with Gasteiger partial charge in [-0.3, -0.25) is 43.8 Å². The van der Waals surface area contributed by atoms with E-state index < -0.39 is 72.3 Å². The van der Waals surface area contributed by atoms with Crippen LogP contribution in [-0.4, -0.2) is 115 Å². The lowest BCUT2D eigenvalue weighted by molar-refractivity contribution is -0.140. The lowest BCUT2D eigenvalue weighted by Crippen LogP contribution is -2.54. The number of nitrogens with zero attached hydrogens (tertiary/aromatic N) is 5. The number of fused-ring (bicyclic) bond motifs is 2. The fourth-order valence-corrected chi connectivity index (χ4v) is 7.97. The monoisotopic (exact) mass is 863 g/mol. The summed E-state index contributed by atoms with van der Waals surface area (Å²) in [6.07, 6.45) is 5.84. The van der Waals surface area contributed by atoms with Gasteiger partial charge in [-0.05, 0) is 56.7 Å². The average molecular weight is 864 g/mol. The SMILES string of the molecule is COc1cc(C(=O)NCCCCCNC(=O)COc2cccc3c2C(=O)N(C2CCC(=O)NC2=O)C3=O)c(F)cc1Nc1ncc2c(n1)N(C1CCCC1)CC(F)(F)C(=O)N2C. The van der Waals surface area contributed by atoms with Crippen molar-refractivity contribution < 1.29 is 56.2 Å². The van der Waals surface area contributed by atoms with Crippen LogP contribution in [0.5, 0.6) is 11.5 Å². The number of halogens is 3. The van der Waals surface area contributed by atoms with Crippen LogP contribution in [0.15, 0.2) is 36.5 Å². The summed E-state index contributed by atoms with van der Waals surface area (Å²) in [5, 5.41) is 10.4. The molecule has 3 aliphatic heterocycles. The maximum Gasteiger partial charge on any atom is 0.342 e. The van der Waals surface area contributed by atoms with Crippen LogP contribution in [0.2, 0.25) is 0 Å². The van der Waals surface area contributed by atoms with Gasteiger partial charge in [0.1, 0.15) is 29.0 Å². The molecular formula is C41H44F3N9O9. The molecule has 21 heteroatoms. The molecule has 1 aromatic heterocycles. The van der Waals surface area contributed by atoms with Gasteiger partial charge in [0.25, 0.3) is 29.5 Å². The minimum absolute atomic E-state index is 0.00220. The van der Waals surface area contributed by atoms with E-state index in [1.807, 2.05) is 0 Å². The summed E-state index contributed by atoms with van der Waals surface area (Å²) in [5.74, 6) is -9.65. The number of benzene rings is 2. The first-order chi connectivity index (χ1) is 29.7. The van der Waals surface area contributed by atoms with Crippen LogP contribution in [0.25, 0.3) is 0 Å². The van der Waals surface area contributed by atoms with Gasteiger partial charge in [0, 0.05) is 38.7 Å². The minimum atomic E-state index is -3.65. The lowest BCUT2D eigenvalue weighted by Gasteiger charge is -2.31. The third kappa shape index (κ3) is 8.82. The Kier molecular flexibility index (Phi) is 12.6. The first-order valence-electron chi connectivity index (χ1n) is 20.1. The van der Waals surface area contributed by atoms with Crippen LogP contribution >= 0.6 is 0 Å². The summed E-state index contributed by atoms with van der Waals surface area (Å²) >= 11 is 0. The number of carbonyl (C=O) groups is 7. The second kappa shape index (κ2) is 18.0. The molecule has 1 aliphatic carbocycles. The van der Waals surface area contributed by atoms with E-state index in [9.17, 15) is 42.3 Å². The third-order valence-corrected chi connectivity index (χ3v) is 11.2. The summed E-state index contributed by atoms with van der Waals surface area (Å²) in [7, 11) is 2.56. The highest BCUT2D eigenvalue weighted by atomic mass is 19.3. The number of methoxy groups -OCH3 is 1. The summed E-state index contributed by atoms with van der Waals surface area (Å²) in [6, 6.07) is 5.17. The molecule has 4 aliphatic rings. The molecule has 4 N–H and O–H groups in total. The fourth-order valence-electron chi connectivity index (χ4n) is 7.97. The Bertz CT molecular complexity index is 2320. The van der Waals surface area contributed by atoms with Gasteiger partial charge in [0.15, 0.2) is 12.4 Å². The zero-order valence-corrected chi connectivity index (χ0v) is 33.9. The second-order valence-corrected chi connectivity index (χ2v) is 15.3. The molecule has 1 unspecified atom stereocenters. The van der Waals surface area contributed by atoms with Gasteiger partial charge in [0.05, 0.1) is 42.2 Å². The van der Waals surface area contributed by atoms with E-state index in [0.29, 0.717) is 32.1 Å². The molecule has 1 saturated heterocycles. The summed E-state index contributed by atoms with van der Waals surface area (Å²) in [6.45, 7) is -0.854. The quantitative estimate of drug-likeness (QED) is 0.128. The molecule has 4 heterocycles. The van der Waals surface area contributed by atoms with Crippen molar-refractivity contribution in [1.82, 2.24) is 30.8 Å². The number of ether oxygens (including phenoxy) is 2. The number of anilines is 4. The molecule has 1 atom stereocenters. The van der Waals surface area contributed by atoms with E-state index in [-0.39, 0.29) is 83.3 Å². The van der Waals surface area contributed by atoms with Crippen molar-refractivity contribution in [2.75, 3.05) is 55.5 Å². The van der Waals surface area contributed by atoms with E-state index in [0.717, 1.165) is 28.7 Å². The molecule has 2 fully saturated rings. The number of unbranched alkanes of at least 4 members (excludes halogenated alkanes) is 2. The van der Waals surface area contributed by atoms with Gasteiger partial charge in [-0.2, -0.15) is 13.8 Å². The lowest BCUT2D eigenvalue weighted by atomic mass is 10.0. The highest BCUT2D eigenvalue weighted by molar-refractivity contribution is 6.24. The zero-order chi connectivity index (χ0) is 44.3. The van der Waals surface area contributed by atoms with Crippen molar-refractivity contribution in [3.63, 3.8) is 0 Å². The Morgan fingerprint density at radius 2 is 1.71 bits per heavy atom. The van der Waals surface area contributed by atoms with Gasteiger partial charge >= 0.3 is 5.92 Å². The molecule has 328 valence electrons. The van der Waals surface area contributed by atoms with Crippen molar-refractivity contribution in [3.8, 4) is 11.5 Å². The predicted octanol–water partition coefficient (Wildman–Crippen LogP) is 3.23. The number of hydrogen-bond acceptors (Lipinski definition) is 13. The number of amides is 7. The molecule has 2 aromatic carbocycles. The largest absolute Gasteiger partial charge is 0.495 e. The molecule has 0 spiro atoms. The maximum absolute atomic E-state index is 15.4. The smallest absolute Gasteiger partial charge is 0.342 e. The summed E-state index contributed by atoms with van der Waals surface area (Å²) < 4.78 is 56.4. The van der Waals surface area contributed by atoms with Crippen LogP contribution in [0.3, 0.4) is 0 Å². The van der Waals surface area contributed by atoms with Gasteiger partial charge in [0.2, 0.25) is 17.8 Å². The molecule has 3 aromatic rings. The van der Waals surface area contributed by atoms with Crippen molar-refractivity contribution in [3.05, 3.63) is 59.0 Å². The molecule has 7 rings (SSSR count). The fraction of sp³-hybridized carbons (Fsp3) is 0.439. The number of imide groups is 2. The van der Waals surface area contributed by atoms with Gasteiger partial charge < -0.3 is 35.2 Å². The van der Waals surface area contributed by atoms with E-state index in [1.54, 1.807) is 0 Å². The maximum atomic E-state index is 15.4. The first kappa shape index (κ1) is 43.3. The zero-order valence-electron chi connectivity index (χ0n) is 33.9. The number of alkyl halides is 2. The topological polar surface area (TPSA) is 222 Å². The standard InChI is InChI=1S/C41H44F3N9O9/c1-51-28-19-47-40(50-34(28)52(22-9-4-5-10-22)21-41(43,44)39(51)60)48-26-18-25(42)24(17-30(26)61-2)35(56)46-16-7-3-6-15-45-32(55)20-62-29-12-8-11-23-33(29)38(59)53(37(23)58)27-13-14-31(54)49-36(27)57/h8,11-12,17-19,22,27H,3-7,9-10,13-16,20-21H2,1-2H3,(H,45,55)(H,46,56)(H,47,48,50)(H,49,54,57). The number of nitrogens with one attached hydrogen (secondary N) is 4. The highest BCUT2D eigenvalue weighted by Gasteiger charge is 2.49. The van der Waals surface area contributed by atoms with E-state index >= 15 is 4.39 Å². The van der Waals surface area contributed by atoms with Gasteiger partial charge in [-0.1, -0.05) is 18.9 Å². The number of aromatic nitrogens is 2. The van der Waals surface area contributed by atoms with E-state index in [4.69, 9.17) is 9.47 Å². The van der Waals surface area contributed by atoms with Gasteiger partial charge in [-0.25, -0.2) is 9.37 Å². The highest BCUT2D eigenvalue weighted by Crippen LogP contribution is 2.40. The van der Waals surface area contributed by atoms with Crippen LogP contribution in [0.1, 0.15) is 88.9 Å². The Hall–Kier alpha value is -6.80. The predicted molar refractivity (Wildman–Crippen MR) is 214 cm³/mol. The van der Waals surface area contributed by atoms with Crippen molar-refractivity contribution >= 4 is 64.5 Å². The molecule has 62 heavy (non-hydrogen) atoms. The summed E-state index contributed by atoms with van der Waals surface area (Å²) in [5.41, 5.74) is -0.170. The molecular weight excluding hydrogens is 819 g/mol. The van der Waals surface area contributed by atoms with Crippen LogP contribution in [-0.2, 0) is 19.2 Å². The first-order valence-corrected chi connectivity index (χ1v) is 20.1. The normalized spacial score (nSPS) is 18.6. The summed E-state index contributed by atoms with van der Waals surface area (Å²) in [4.78, 5) is 100. The molecule has 0 bridgehead atoms. The Labute approximate surface area is 352 Å². The van der Waals surface area contributed by atoms with Crippen molar-refractivity contribution in [2.24, 2.45) is 0 Å². The van der Waals surface area contributed by atoms with Crippen molar-refractivity contribution in [2.45, 2.75) is 75.8 Å². The molecule has 18 nitrogen and oxygen atoms in total. The second-order valence-electron chi connectivity index (χ2n) is 15.3. The van der Waals surface area contributed by atoms with Crippen LogP contribution in [0.4, 0.5) is 36.3 Å². The number of hydrogen-bond donors (Lipinski definition) is 4. The van der Waals surface area contributed by atoms with E-state index in [1.165, 1.54) is 49.5 Å². The van der Waals surface area contributed by atoms with E-state index in [2.05, 4.69) is 31.2 Å². The number of carbonyl (C=O) groups excluding carboxylic acids is 7. The Balaban J connectivity index is 0.871. The van der Waals surface area contributed by atoms with Gasteiger partial charge in [-0.15, -0.1) is 0 Å². The van der Waals surface area contributed by atoms with Crippen LogP contribution < -0.4 is 40.5 Å². The molecule has 7 amide bonds. The molecule has 1 saturated carbocycles.